The zero-order valence-electron chi connectivity index (χ0n) is 12.3. The first-order valence-corrected chi connectivity index (χ1v) is 7.40. The summed E-state index contributed by atoms with van der Waals surface area (Å²) in [4.78, 5) is 13.1. The number of halogens is 1. The van der Waals surface area contributed by atoms with Crippen LogP contribution in [0, 0.1) is 0 Å². The lowest BCUT2D eigenvalue weighted by molar-refractivity contribution is -0.136. The van der Waals surface area contributed by atoms with Crippen molar-refractivity contribution in [2.24, 2.45) is 0 Å². The zero-order valence-corrected chi connectivity index (χ0v) is 13.1. The van der Waals surface area contributed by atoms with Crippen LogP contribution in [0.15, 0.2) is 24.3 Å². The number of likely N-dealkylation sites (tertiary alicyclic amines) is 1. The van der Waals surface area contributed by atoms with E-state index in [2.05, 4.69) is 4.90 Å². The van der Waals surface area contributed by atoms with Crippen LogP contribution in [-0.4, -0.2) is 42.2 Å². The fourth-order valence-electron chi connectivity index (χ4n) is 2.54. The molecule has 2 rings (SSSR count). The second kappa shape index (κ2) is 9.64. The van der Waals surface area contributed by atoms with Crippen LogP contribution in [0.2, 0.25) is 0 Å². The Morgan fingerprint density at radius 2 is 1.81 bits per heavy atom. The predicted octanol–water partition coefficient (Wildman–Crippen LogP) is 2.99. The Kier molecular flexibility index (Phi) is 8.16. The highest BCUT2D eigenvalue weighted by Gasteiger charge is 2.09. The van der Waals surface area contributed by atoms with E-state index >= 15 is 0 Å². The largest absolute Gasteiger partial charge is 0.494 e. The number of benzene rings is 1. The Morgan fingerprint density at radius 1 is 1.14 bits per heavy atom. The molecule has 118 valence electrons. The summed E-state index contributed by atoms with van der Waals surface area (Å²) in [7, 11) is 0. The van der Waals surface area contributed by atoms with E-state index in [1.807, 2.05) is 24.3 Å². The lowest BCUT2D eigenvalue weighted by Crippen LogP contribution is -2.31. The van der Waals surface area contributed by atoms with Gasteiger partial charge >= 0.3 is 5.97 Å². The van der Waals surface area contributed by atoms with Crippen LogP contribution in [0.4, 0.5) is 0 Å². The number of carboxylic acids is 1. The average Bonchev–Trinajstić information content (AvgIpc) is 2.46. The van der Waals surface area contributed by atoms with Gasteiger partial charge in [-0.05, 0) is 50.0 Å². The molecule has 0 atom stereocenters. The number of piperidine rings is 1. The van der Waals surface area contributed by atoms with E-state index in [0.29, 0.717) is 0 Å². The second-order valence-corrected chi connectivity index (χ2v) is 5.32. The highest BCUT2D eigenvalue weighted by molar-refractivity contribution is 5.85. The fraction of sp³-hybridized carbons (Fsp3) is 0.562. The Labute approximate surface area is 132 Å². The van der Waals surface area contributed by atoms with Gasteiger partial charge in [0.25, 0.3) is 0 Å². The van der Waals surface area contributed by atoms with Crippen molar-refractivity contribution in [2.75, 3.05) is 26.2 Å². The van der Waals surface area contributed by atoms with Gasteiger partial charge in [-0.2, -0.15) is 0 Å². The summed E-state index contributed by atoms with van der Waals surface area (Å²) >= 11 is 0. The molecule has 0 aromatic heterocycles. The first kappa shape index (κ1) is 17.8. The van der Waals surface area contributed by atoms with Crippen molar-refractivity contribution in [3.05, 3.63) is 29.8 Å². The molecule has 0 amide bonds. The molecule has 0 bridgehead atoms. The SMILES string of the molecule is Cl.O=C(O)Cc1ccc(OCCCN2CCCCC2)cc1. The van der Waals surface area contributed by atoms with Crippen molar-refractivity contribution < 1.29 is 14.6 Å². The van der Waals surface area contributed by atoms with Gasteiger partial charge in [0, 0.05) is 6.54 Å². The van der Waals surface area contributed by atoms with Gasteiger partial charge in [-0.15, -0.1) is 12.4 Å². The molecule has 4 nitrogen and oxygen atoms in total. The topological polar surface area (TPSA) is 49.8 Å². The van der Waals surface area contributed by atoms with Crippen LogP contribution < -0.4 is 4.74 Å². The maximum absolute atomic E-state index is 10.6. The normalized spacial score (nSPS) is 15.2. The third kappa shape index (κ3) is 6.82. The molecule has 21 heavy (non-hydrogen) atoms. The number of rotatable bonds is 7. The summed E-state index contributed by atoms with van der Waals surface area (Å²) in [5.41, 5.74) is 0.804. The predicted molar refractivity (Wildman–Crippen MR) is 85.4 cm³/mol. The number of carbonyl (C=O) groups is 1. The van der Waals surface area contributed by atoms with E-state index in [1.165, 1.54) is 32.4 Å². The second-order valence-electron chi connectivity index (χ2n) is 5.32. The summed E-state index contributed by atoms with van der Waals surface area (Å²) in [6.07, 6.45) is 5.12. The first-order valence-electron chi connectivity index (χ1n) is 7.40. The molecule has 0 aliphatic carbocycles. The van der Waals surface area contributed by atoms with Gasteiger partial charge in [-0.3, -0.25) is 4.79 Å². The van der Waals surface area contributed by atoms with Gasteiger partial charge in [0.2, 0.25) is 0 Å². The Bertz CT molecular complexity index is 416. The van der Waals surface area contributed by atoms with Crippen molar-refractivity contribution in [1.29, 1.82) is 0 Å². The number of carboxylic acid groups (broad SMARTS) is 1. The van der Waals surface area contributed by atoms with Crippen molar-refractivity contribution in [1.82, 2.24) is 4.90 Å². The minimum absolute atomic E-state index is 0. The lowest BCUT2D eigenvalue weighted by atomic mass is 10.1. The summed E-state index contributed by atoms with van der Waals surface area (Å²) < 4.78 is 5.68. The van der Waals surface area contributed by atoms with Gasteiger partial charge in [-0.1, -0.05) is 18.6 Å². The molecular weight excluding hydrogens is 290 g/mol. The smallest absolute Gasteiger partial charge is 0.307 e. The van der Waals surface area contributed by atoms with Crippen LogP contribution in [0.25, 0.3) is 0 Å². The van der Waals surface area contributed by atoms with Crippen LogP contribution >= 0.6 is 12.4 Å². The van der Waals surface area contributed by atoms with Crippen LogP contribution in [0.3, 0.4) is 0 Å². The third-order valence-corrected chi connectivity index (χ3v) is 3.61. The van der Waals surface area contributed by atoms with Crippen molar-refractivity contribution in [2.45, 2.75) is 32.1 Å². The highest BCUT2D eigenvalue weighted by Crippen LogP contribution is 2.13. The maximum Gasteiger partial charge on any atom is 0.307 e. The van der Waals surface area contributed by atoms with E-state index in [0.717, 1.165) is 30.9 Å². The van der Waals surface area contributed by atoms with Crippen molar-refractivity contribution >= 4 is 18.4 Å². The molecule has 1 saturated heterocycles. The van der Waals surface area contributed by atoms with E-state index < -0.39 is 5.97 Å². The van der Waals surface area contributed by atoms with Gasteiger partial charge in [-0.25, -0.2) is 0 Å². The summed E-state index contributed by atoms with van der Waals surface area (Å²) in [6.45, 7) is 4.28. The van der Waals surface area contributed by atoms with Gasteiger partial charge in [0.15, 0.2) is 0 Å². The van der Waals surface area contributed by atoms with E-state index in [4.69, 9.17) is 9.84 Å². The monoisotopic (exact) mass is 313 g/mol. The molecule has 5 heteroatoms. The number of hydrogen-bond donors (Lipinski definition) is 1. The number of hydrogen-bond acceptors (Lipinski definition) is 3. The Hall–Kier alpha value is -1.26. The van der Waals surface area contributed by atoms with Crippen LogP contribution in [0.1, 0.15) is 31.2 Å². The third-order valence-electron chi connectivity index (χ3n) is 3.61. The molecule has 0 spiro atoms. The molecule has 0 radical (unpaired) electrons. The molecule has 1 aliphatic heterocycles. The molecule has 1 aliphatic rings. The van der Waals surface area contributed by atoms with Gasteiger partial charge in [0.05, 0.1) is 13.0 Å². The van der Waals surface area contributed by atoms with Crippen LogP contribution in [0.5, 0.6) is 5.75 Å². The highest BCUT2D eigenvalue weighted by atomic mass is 35.5. The molecule has 1 heterocycles. The summed E-state index contributed by atoms with van der Waals surface area (Å²) in [5, 5.41) is 8.70. The van der Waals surface area contributed by atoms with E-state index in [-0.39, 0.29) is 18.8 Å². The molecule has 1 aromatic carbocycles. The number of nitrogens with zero attached hydrogens (tertiary/aromatic N) is 1. The molecule has 0 saturated carbocycles. The maximum atomic E-state index is 10.6. The van der Waals surface area contributed by atoms with Gasteiger partial charge < -0.3 is 14.7 Å². The zero-order chi connectivity index (χ0) is 14.2. The van der Waals surface area contributed by atoms with Gasteiger partial charge in [0.1, 0.15) is 5.75 Å². The number of aliphatic carboxylic acids is 1. The molecular formula is C16H24ClNO3. The Balaban J connectivity index is 0.00000220. The lowest BCUT2D eigenvalue weighted by Gasteiger charge is -2.26. The standard InChI is InChI=1S/C16H23NO3.ClH/c18-16(19)13-14-5-7-15(8-6-14)20-12-4-11-17-9-2-1-3-10-17;/h5-8H,1-4,9-13H2,(H,18,19);1H. The minimum atomic E-state index is -0.805. The van der Waals surface area contributed by atoms with Crippen LogP contribution in [-0.2, 0) is 11.2 Å². The van der Waals surface area contributed by atoms with E-state index in [1.54, 1.807) is 0 Å². The van der Waals surface area contributed by atoms with E-state index in [9.17, 15) is 4.79 Å². The molecule has 1 N–H and O–H groups in total. The minimum Gasteiger partial charge on any atom is -0.494 e. The first-order chi connectivity index (χ1) is 9.74. The summed E-state index contributed by atoms with van der Waals surface area (Å²) in [6, 6.07) is 7.32. The quantitative estimate of drug-likeness (QED) is 0.786. The molecule has 0 unspecified atom stereocenters. The molecule has 1 fully saturated rings. The Morgan fingerprint density at radius 3 is 2.43 bits per heavy atom. The van der Waals surface area contributed by atoms with Crippen molar-refractivity contribution in [3.8, 4) is 5.75 Å². The fourth-order valence-corrected chi connectivity index (χ4v) is 2.54. The molecule has 1 aromatic rings. The number of ether oxygens (including phenoxy) is 1. The van der Waals surface area contributed by atoms with Crippen molar-refractivity contribution in [3.63, 3.8) is 0 Å². The average molecular weight is 314 g/mol. The summed E-state index contributed by atoms with van der Waals surface area (Å²) in [5.74, 6) is 0.0120.